The van der Waals surface area contributed by atoms with Crippen LogP contribution in [0.2, 0.25) is 0 Å². The molecule has 2 saturated heterocycles. The van der Waals surface area contributed by atoms with E-state index in [4.69, 9.17) is 9.47 Å². The summed E-state index contributed by atoms with van der Waals surface area (Å²) in [4.78, 5) is 21.0. The Morgan fingerprint density at radius 1 is 1.07 bits per heavy atom. The van der Waals surface area contributed by atoms with Crippen molar-refractivity contribution in [1.29, 1.82) is 0 Å². The summed E-state index contributed by atoms with van der Waals surface area (Å²) in [7, 11) is 1.57. The molecule has 2 fully saturated rings. The highest BCUT2D eigenvalue weighted by Gasteiger charge is 2.37. The van der Waals surface area contributed by atoms with Gasteiger partial charge in [0.15, 0.2) is 11.6 Å². The average Bonchev–Trinajstić information content (AvgIpc) is 3.03. The number of hydrogen-bond donors (Lipinski definition) is 1. The number of pyridine rings is 1. The number of benzene rings is 2. The van der Waals surface area contributed by atoms with Crippen molar-refractivity contribution in [3.8, 4) is 5.75 Å². The minimum atomic E-state index is -1.33. The van der Waals surface area contributed by atoms with Crippen molar-refractivity contribution in [1.82, 2.24) is 14.8 Å². The number of rotatable bonds is 13. The van der Waals surface area contributed by atoms with Crippen LogP contribution in [0, 0.1) is 22.9 Å². The number of halogens is 4. The molecule has 0 aliphatic carbocycles. The largest absolute Gasteiger partial charge is 0.497 e. The zero-order valence-corrected chi connectivity index (χ0v) is 25.7. The first kappa shape index (κ1) is 33.1. The van der Waals surface area contributed by atoms with Gasteiger partial charge in [-0.1, -0.05) is 0 Å². The summed E-state index contributed by atoms with van der Waals surface area (Å²) in [5.41, 5.74) is 1.51. The molecule has 7 nitrogen and oxygen atoms in total. The lowest BCUT2D eigenvalue weighted by atomic mass is 9.71. The molecule has 2 aliphatic heterocycles. The Morgan fingerprint density at radius 2 is 1.82 bits per heavy atom. The zero-order valence-electron chi connectivity index (χ0n) is 25.7. The van der Waals surface area contributed by atoms with Crippen LogP contribution in [0.4, 0.5) is 17.6 Å². The molecule has 0 radical (unpaired) electrons. The van der Waals surface area contributed by atoms with Crippen molar-refractivity contribution in [2.45, 2.75) is 57.7 Å². The maximum atomic E-state index is 16.5. The number of likely N-dealkylation sites (tertiary alicyclic amines) is 1. The molecule has 45 heavy (non-hydrogen) atoms. The van der Waals surface area contributed by atoms with Crippen LogP contribution in [0.5, 0.6) is 5.75 Å². The number of carboxylic acid groups (broad SMARTS) is 1. The van der Waals surface area contributed by atoms with Crippen LogP contribution in [0.1, 0.15) is 61.4 Å². The fourth-order valence-electron chi connectivity index (χ4n) is 6.80. The van der Waals surface area contributed by atoms with Crippen molar-refractivity contribution in [3.63, 3.8) is 0 Å². The Morgan fingerprint density at radius 3 is 2.53 bits per heavy atom. The van der Waals surface area contributed by atoms with E-state index in [0.29, 0.717) is 93.4 Å². The Hall–Kier alpha value is -3.28. The number of aliphatic carboxylic acids is 1. The van der Waals surface area contributed by atoms with Crippen molar-refractivity contribution < 1.29 is 36.9 Å². The first-order chi connectivity index (χ1) is 21.7. The highest BCUT2D eigenvalue weighted by Crippen LogP contribution is 2.43. The van der Waals surface area contributed by atoms with Crippen LogP contribution in [-0.2, 0) is 22.5 Å². The molecule has 0 spiro atoms. The molecule has 244 valence electrons. The van der Waals surface area contributed by atoms with Crippen molar-refractivity contribution >= 4 is 16.9 Å². The van der Waals surface area contributed by atoms with Gasteiger partial charge in [0, 0.05) is 42.8 Å². The monoisotopic (exact) mass is 631 g/mol. The number of morpholine rings is 1. The van der Waals surface area contributed by atoms with Gasteiger partial charge in [-0.15, -0.1) is 0 Å². The van der Waals surface area contributed by atoms with E-state index in [1.54, 1.807) is 19.4 Å². The maximum Gasteiger partial charge on any atom is 0.303 e. The van der Waals surface area contributed by atoms with E-state index in [0.717, 1.165) is 24.7 Å². The number of aromatic nitrogens is 1. The van der Waals surface area contributed by atoms with E-state index < -0.39 is 35.0 Å². The number of carboxylic acids is 1. The summed E-state index contributed by atoms with van der Waals surface area (Å²) in [6.07, 6.45) is 2.82. The molecule has 3 aromatic rings. The van der Waals surface area contributed by atoms with Gasteiger partial charge in [0.05, 0.1) is 32.3 Å². The molecular formula is C34H41F4N3O4. The van der Waals surface area contributed by atoms with E-state index in [9.17, 15) is 23.1 Å². The number of carbonyl (C=O) groups is 1. The molecule has 3 heterocycles. The molecule has 0 saturated carbocycles. The number of alkyl halides is 1. The summed E-state index contributed by atoms with van der Waals surface area (Å²) >= 11 is 0. The van der Waals surface area contributed by atoms with Crippen molar-refractivity contribution in [3.05, 3.63) is 70.7 Å². The van der Waals surface area contributed by atoms with Crippen LogP contribution < -0.4 is 4.74 Å². The summed E-state index contributed by atoms with van der Waals surface area (Å²) in [5, 5.41) is 10.5. The van der Waals surface area contributed by atoms with Crippen LogP contribution in [0.25, 0.3) is 10.9 Å². The molecule has 1 atom stereocenters. The molecule has 2 aliphatic rings. The summed E-state index contributed by atoms with van der Waals surface area (Å²) < 4.78 is 68.6. The Bertz CT molecular complexity index is 1480. The third kappa shape index (κ3) is 8.31. The molecule has 11 heteroatoms. The van der Waals surface area contributed by atoms with E-state index >= 15 is 4.39 Å². The Kier molecular flexibility index (Phi) is 10.9. The number of ether oxygens (including phenoxy) is 2. The normalized spacial score (nSPS) is 18.2. The second-order valence-electron chi connectivity index (χ2n) is 12.4. The van der Waals surface area contributed by atoms with Gasteiger partial charge in [0.25, 0.3) is 0 Å². The highest BCUT2D eigenvalue weighted by atomic mass is 19.2. The maximum absolute atomic E-state index is 16.5. The molecule has 1 aromatic heterocycles. The standard InChI is InChI=1S/C34H41F4N3O4/c1-44-26-4-5-30-27(19-26)32(24(21-39-30)22-41-13-15-45-16-14-41)28(36)6-7-34(20-31(42)43)8-11-40(12-9-34)10-2-3-23-17-25(35)18-29(37)33(23)38/h4-5,17-19,21,28H,2-3,6-16,20,22H2,1H3,(H,42,43)/t28-/m1/s1. The quantitative estimate of drug-likeness (QED) is 0.171. The summed E-state index contributed by atoms with van der Waals surface area (Å²) in [6.45, 7) is 5.10. The molecule has 2 aromatic carbocycles. The van der Waals surface area contributed by atoms with Gasteiger partial charge in [0.1, 0.15) is 17.7 Å². The summed E-state index contributed by atoms with van der Waals surface area (Å²) in [6, 6.07) is 7.00. The van der Waals surface area contributed by atoms with Gasteiger partial charge in [-0.3, -0.25) is 14.7 Å². The molecule has 0 amide bonds. The van der Waals surface area contributed by atoms with Crippen LogP contribution in [0.15, 0.2) is 36.5 Å². The fraction of sp³-hybridized carbons (Fsp3) is 0.529. The average molecular weight is 632 g/mol. The van der Waals surface area contributed by atoms with Crippen LogP contribution >= 0.6 is 0 Å². The van der Waals surface area contributed by atoms with E-state index in [-0.39, 0.29) is 24.8 Å². The highest BCUT2D eigenvalue weighted by molar-refractivity contribution is 5.85. The number of nitrogens with zero attached hydrogens (tertiary/aromatic N) is 3. The lowest BCUT2D eigenvalue weighted by molar-refractivity contribution is -0.141. The first-order valence-corrected chi connectivity index (χ1v) is 15.6. The molecular weight excluding hydrogens is 590 g/mol. The van der Waals surface area contributed by atoms with Crippen LogP contribution in [0.3, 0.4) is 0 Å². The van der Waals surface area contributed by atoms with Gasteiger partial charge in [-0.25, -0.2) is 17.6 Å². The predicted octanol–water partition coefficient (Wildman–Crippen LogP) is 6.47. The van der Waals surface area contributed by atoms with Gasteiger partial charge >= 0.3 is 5.97 Å². The minimum absolute atomic E-state index is 0.00738. The smallest absolute Gasteiger partial charge is 0.303 e. The molecule has 5 rings (SSSR count). The molecule has 1 N–H and O–H groups in total. The fourth-order valence-corrected chi connectivity index (χ4v) is 6.80. The number of fused-ring (bicyclic) bond motifs is 1. The number of hydrogen-bond acceptors (Lipinski definition) is 6. The van der Waals surface area contributed by atoms with Gasteiger partial charge < -0.3 is 19.5 Å². The third-order valence-electron chi connectivity index (χ3n) is 9.37. The third-order valence-corrected chi connectivity index (χ3v) is 9.37. The molecule has 0 unspecified atom stereocenters. The zero-order chi connectivity index (χ0) is 32.0. The number of piperidine rings is 1. The van der Waals surface area contributed by atoms with E-state index in [2.05, 4.69) is 14.8 Å². The van der Waals surface area contributed by atoms with Gasteiger partial charge in [-0.05, 0) is 99.0 Å². The topological polar surface area (TPSA) is 75.1 Å². The summed E-state index contributed by atoms with van der Waals surface area (Å²) in [5.74, 6) is -3.32. The van der Waals surface area contributed by atoms with E-state index in [1.165, 1.54) is 0 Å². The van der Waals surface area contributed by atoms with Crippen LogP contribution in [-0.4, -0.2) is 78.9 Å². The van der Waals surface area contributed by atoms with Crippen molar-refractivity contribution in [2.75, 3.05) is 53.0 Å². The Labute approximate surface area is 261 Å². The lowest BCUT2D eigenvalue weighted by Crippen LogP contribution is -2.41. The first-order valence-electron chi connectivity index (χ1n) is 15.6. The minimum Gasteiger partial charge on any atom is -0.497 e. The lowest BCUT2D eigenvalue weighted by Gasteiger charge is -2.41. The number of aryl methyl sites for hydroxylation is 1. The van der Waals surface area contributed by atoms with Gasteiger partial charge in [-0.2, -0.15) is 0 Å². The Balaban J connectivity index is 1.27. The SMILES string of the molecule is COc1ccc2ncc(CN3CCOCC3)c([C@H](F)CCC3(CC(=O)O)CCN(CCCc4cc(F)cc(F)c4F)CC3)c2c1. The van der Waals surface area contributed by atoms with Gasteiger partial charge in [0.2, 0.25) is 0 Å². The van der Waals surface area contributed by atoms with E-state index in [1.807, 2.05) is 12.1 Å². The second-order valence-corrected chi connectivity index (χ2v) is 12.4. The number of methoxy groups -OCH3 is 1. The predicted molar refractivity (Wildman–Crippen MR) is 162 cm³/mol. The molecule has 0 bridgehead atoms. The second kappa shape index (κ2) is 14.9. The van der Waals surface area contributed by atoms with Crippen molar-refractivity contribution in [2.24, 2.45) is 5.41 Å².